The molecule has 1 aromatic heterocycles. The first-order chi connectivity index (χ1) is 23.1. The van der Waals surface area contributed by atoms with Gasteiger partial charge in [-0.05, 0) is 62.6 Å². The van der Waals surface area contributed by atoms with Crippen molar-refractivity contribution in [1.29, 1.82) is 0 Å². The highest BCUT2D eigenvalue weighted by Crippen LogP contribution is 2.58. The summed E-state index contributed by atoms with van der Waals surface area (Å²) in [4.78, 5) is 49.3. The van der Waals surface area contributed by atoms with Crippen molar-refractivity contribution in [2.24, 2.45) is 17.8 Å². The number of amides is 3. The molecule has 6 atom stereocenters. The van der Waals surface area contributed by atoms with Crippen molar-refractivity contribution in [3.63, 3.8) is 0 Å². The van der Waals surface area contributed by atoms with Crippen LogP contribution in [0.2, 0.25) is 0 Å². The van der Waals surface area contributed by atoms with Gasteiger partial charge in [-0.15, -0.1) is 5.10 Å². The number of rotatable bonds is 9. The minimum Gasteiger partial charge on any atom is -0.494 e. The summed E-state index contributed by atoms with van der Waals surface area (Å²) in [5, 5.41) is 19.2. The Labute approximate surface area is 279 Å². The van der Waals surface area contributed by atoms with Gasteiger partial charge < -0.3 is 29.3 Å². The smallest absolute Gasteiger partial charge is 0.250 e. The zero-order chi connectivity index (χ0) is 33.8. The lowest BCUT2D eigenvalue weighted by atomic mass is 9.74. The minimum absolute atomic E-state index is 0.0992. The molecule has 4 aliphatic heterocycles. The van der Waals surface area contributed by atoms with E-state index in [1.807, 2.05) is 101 Å². The molecule has 0 saturated carbocycles. The fourth-order valence-electron chi connectivity index (χ4n) is 8.15. The number of carbonyl (C=O) groups is 3. The van der Waals surface area contributed by atoms with Crippen LogP contribution in [0.3, 0.4) is 0 Å². The van der Waals surface area contributed by atoms with Crippen LogP contribution >= 0.6 is 0 Å². The lowest BCUT2D eigenvalue weighted by Crippen LogP contribution is -2.59. The Bertz CT molecular complexity index is 1790. The summed E-state index contributed by atoms with van der Waals surface area (Å²) < 4.78 is 14.3. The molecule has 5 heterocycles. The summed E-state index contributed by atoms with van der Waals surface area (Å²) in [6, 6.07) is 13.1. The van der Waals surface area contributed by atoms with E-state index in [0.717, 1.165) is 5.52 Å². The SMILES string of the molecule is CCOc1ccc(N2CC=C[C@@]3(C)O[C@]45C=CCN(Cn6nnc7ccccc76)C(=O)C4N([C@@H](CO)CC(C)C)C(=O)[C@@H]5[C@H]3C2=O)cc1. The lowest BCUT2D eigenvalue weighted by molar-refractivity contribution is -0.155. The molecule has 4 aliphatic rings. The number of aliphatic hydroxyl groups excluding tert-OH is 1. The first kappa shape index (κ1) is 32.0. The largest absolute Gasteiger partial charge is 0.494 e. The third kappa shape index (κ3) is 5.00. The number of aromatic nitrogens is 3. The van der Waals surface area contributed by atoms with E-state index in [9.17, 15) is 19.5 Å². The van der Waals surface area contributed by atoms with Gasteiger partial charge in [0.1, 0.15) is 29.6 Å². The zero-order valence-electron chi connectivity index (χ0n) is 27.7. The quantitative estimate of drug-likeness (QED) is 0.349. The van der Waals surface area contributed by atoms with Crippen LogP contribution in [-0.4, -0.2) is 97.2 Å². The molecule has 0 radical (unpaired) electrons. The van der Waals surface area contributed by atoms with Crippen LogP contribution in [0, 0.1) is 17.8 Å². The first-order valence-electron chi connectivity index (χ1n) is 16.7. The standard InChI is InChI=1S/C36H42N6O6/c1-5-47-26-14-12-24(13-15-26)40-19-8-16-35(4)29(32(40)44)30-33(45)42(25(21-43)20-23(2)3)31-34(46)39(18-9-17-36(30,31)48-35)22-41-28-11-7-6-10-27(28)37-38-41/h6-17,23,25,29-31,43H,5,18-22H2,1-4H3/t25-,29+,30+,31?,35-,36+/m1/s1. The molecule has 48 heavy (non-hydrogen) atoms. The zero-order valence-corrected chi connectivity index (χ0v) is 27.7. The highest BCUT2D eigenvalue weighted by Gasteiger charge is 2.75. The molecule has 0 bridgehead atoms. The van der Waals surface area contributed by atoms with E-state index in [0.29, 0.717) is 36.5 Å². The Morgan fingerprint density at radius 1 is 0.979 bits per heavy atom. The fraction of sp³-hybridized carbons (Fsp3) is 0.472. The van der Waals surface area contributed by atoms with Crippen LogP contribution in [0.5, 0.6) is 5.75 Å². The Kier molecular flexibility index (Phi) is 8.11. The average Bonchev–Trinajstić information content (AvgIpc) is 3.60. The van der Waals surface area contributed by atoms with Crippen LogP contribution in [0.25, 0.3) is 11.0 Å². The normalized spacial score (nSPS) is 28.9. The second-order valence-corrected chi connectivity index (χ2v) is 13.7. The topological polar surface area (TPSA) is 130 Å². The van der Waals surface area contributed by atoms with E-state index in [1.165, 1.54) is 4.90 Å². The second kappa shape index (κ2) is 12.2. The third-order valence-corrected chi connectivity index (χ3v) is 10.1. The van der Waals surface area contributed by atoms with Gasteiger partial charge in [0.2, 0.25) is 11.8 Å². The number of ether oxygens (including phenoxy) is 2. The van der Waals surface area contributed by atoms with Gasteiger partial charge >= 0.3 is 0 Å². The number of hydrogen-bond acceptors (Lipinski definition) is 8. The Balaban J connectivity index is 1.30. The number of likely N-dealkylation sites (tertiary alicyclic amines) is 1. The maximum Gasteiger partial charge on any atom is 0.250 e. The van der Waals surface area contributed by atoms with E-state index in [4.69, 9.17) is 9.47 Å². The van der Waals surface area contributed by atoms with Gasteiger partial charge in [-0.3, -0.25) is 14.4 Å². The average molecular weight is 655 g/mol. The van der Waals surface area contributed by atoms with Crippen LogP contribution in [0.4, 0.5) is 5.69 Å². The summed E-state index contributed by atoms with van der Waals surface area (Å²) >= 11 is 0. The molecule has 12 heteroatoms. The number of hydrogen-bond donors (Lipinski definition) is 1. The highest BCUT2D eigenvalue weighted by molar-refractivity contribution is 6.04. The summed E-state index contributed by atoms with van der Waals surface area (Å²) in [7, 11) is 0. The van der Waals surface area contributed by atoms with E-state index in [2.05, 4.69) is 10.3 Å². The van der Waals surface area contributed by atoms with Gasteiger partial charge in [-0.2, -0.15) is 0 Å². The molecule has 252 valence electrons. The van der Waals surface area contributed by atoms with Crippen molar-refractivity contribution < 1.29 is 29.0 Å². The summed E-state index contributed by atoms with van der Waals surface area (Å²) in [5.74, 6) is -2.06. The van der Waals surface area contributed by atoms with Crippen molar-refractivity contribution in [3.8, 4) is 5.75 Å². The molecule has 1 spiro atoms. The van der Waals surface area contributed by atoms with Gasteiger partial charge in [-0.1, -0.05) is 55.5 Å². The minimum atomic E-state index is -1.45. The van der Waals surface area contributed by atoms with Gasteiger partial charge in [0, 0.05) is 18.8 Å². The van der Waals surface area contributed by atoms with Crippen LogP contribution in [-0.2, 0) is 25.8 Å². The molecule has 3 aromatic rings. The van der Waals surface area contributed by atoms with Crippen LogP contribution in [0.1, 0.15) is 34.1 Å². The molecule has 12 nitrogen and oxygen atoms in total. The second-order valence-electron chi connectivity index (χ2n) is 13.7. The van der Waals surface area contributed by atoms with Crippen molar-refractivity contribution in [3.05, 3.63) is 72.8 Å². The third-order valence-electron chi connectivity index (χ3n) is 10.1. The van der Waals surface area contributed by atoms with E-state index < -0.39 is 35.1 Å². The summed E-state index contributed by atoms with van der Waals surface area (Å²) in [6.07, 6.45) is 7.91. The Morgan fingerprint density at radius 2 is 1.73 bits per heavy atom. The van der Waals surface area contributed by atoms with Gasteiger partial charge in [0.25, 0.3) is 5.91 Å². The molecular formula is C36H42N6O6. The van der Waals surface area contributed by atoms with Gasteiger partial charge in [0.05, 0.1) is 42.2 Å². The predicted molar refractivity (Wildman–Crippen MR) is 178 cm³/mol. The predicted octanol–water partition coefficient (Wildman–Crippen LogP) is 3.17. The monoisotopic (exact) mass is 654 g/mol. The molecule has 2 fully saturated rings. The Hall–Kier alpha value is -4.55. The highest BCUT2D eigenvalue weighted by atomic mass is 16.5. The van der Waals surface area contributed by atoms with Gasteiger partial charge in [0.15, 0.2) is 0 Å². The van der Waals surface area contributed by atoms with Crippen molar-refractivity contribution >= 4 is 34.4 Å². The van der Waals surface area contributed by atoms with Crippen LogP contribution < -0.4 is 9.64 Å². The van der Waals surface area contributed by atoms with Crippen molar-refractivity contribution in [2.45, 2.75) is 64.1 Å². The van der Waals surface area contributed by atoms with E-state index in [1.54, 1.807) is 14.5 Å². The van der Waals surface area contributed by atoms with Crippen molar-refractivity contribution in [2.75, 3.05) is 31.2 Å². The molecule has 3 amide bonds. The Morgan fingerprint density at radius 3 is 2.46 bits per heavy atom. The molecular weight excluding hydrogens is 612 g/mol. The number of benzene rings is 2. The van der Waals surface area contributed by atoms with Crippen LogP contribution in [0.15, 0.2) is 72.8 Å². The van der Waals surface area contributed by atoms with E-state index >= 15 is 0 Å². The number of carbonyl (C=O) groups excluding carboxylic acids is 3. The lowest BCUT2D eigenvalue weighted by Gasteiger charge is -2.40. The first-order valence-corrected chi connectivity index (χ1v) is 16.7. The molecule has 2 saturated heterocycles. The molecule has 2 aromatic carbocycles. The maximum atomic E-state index is 14.9. The molecule has 0 aliphatic carbocycles. The van der Waals surface area contributed by atoms with Crippen molar-refractivity contribution in [1.82, 2.24) is 24.8 Å². The number of aliphatic hydroxyl groups is 1. The molecule has 7 rings (SSSR count). The number of nitrogens with zero attached hydrogens (tertiary/aromatic N) is 6. The summed E-state index contributed by atoms with van der Waals surface area (Å²) in [5.41, 5.74) is -0.467. The fourth-order valence-corrected chi connectivity index (χ4v) is 8.15. The van der Waals surface area contributed by atoms with E-state index in [-0.39, 0.29) is 43.5 Å². The number of fused-ring (bicyclic) bond motifs is 3. The maximum absolute atomic E-state index is 14.9. The number of anilines is 1. The number of para-hydroxylation sites is 1. The summed E-state index contributed by atoms with van der Waals surface area (Å²) in [6.45, 7) is 8.59. The molecule has 1 unspecified atom stereocenters. The van der Waals surface area contributed by atoms with Gasteiger partial charge in [-0.25, -0.2) is 4.68 Å². The molecule has 1 N–H and O–H groups in total.